The van der Waals surface area contributed by atoms with E-state index < -0.39 is 40.4 Å². The van der Waals surface area contributed by atoms with Crippen LogP contribution in [-0.2, 0) is 16.6 Å². The van der Waals surface area contributed by atoms with E-state index in [-0.39, 0.29) is 22.0 Å². The Kier molecular flexibility index (Phi) is 6.64. The Balaban J connectivity index is 1.40. The average Bonchev–Trinajstić information content (AvgIpc) is 3.61. The molecule has 1 N–H and O–H groups in total. The summed E-state index contributed by atoms with van der Waals surface area (Å²) < 4.78 is 68.4. The second kappa shape index (κ2) is 9.90. The van der Waals surface area contributed by atoms with E-state index in [4.69, 9.17) is 4.74 Å². The first-order chi connectivity index (χ1) is 20.2. The van der Waals surface area contributed by atoms with Gasteiger partial charge in [-0.3, -0.25) is 4.79 Å². The monoisotopic (exact) mass is 653 g/mol. The zero-order valence-corrected chi connectivity index (χ0v) is 24.7. The zero-order valence-electron chi connectivity index (χ0n) is 23.1. The van der Waals surface area contributed by atoms with E-state index in [0.717, 1.165) is 12.1 Å². The molecule has 2 heterocycles. The van der Waals surface area contributed by atoms with Gasteiger partial charge in [0.15, 0.2) is 11.6 Å². The topological polar surface area (TPSA) is 77.0 Å². The van der Waals surface area contributed by atoms with Crippen molar-refractivity contribution in [3.8, 4) is 33.8 Å². The molecule has 0 fully saturated rings. The number of aromatic amines is 1. The molecule has 0 spiro atoms. The minimum absolute atomic E-state index is 0.0275. The minimum atomic E-state index is -4.54. The molecule has 0 atom stereocenters. The van der Waals surface area contributed by atoms with Crippen molar-refractivity contribution in [2.24, 2.45) is 0 Å². The van der Waals surface area contributed by atoms with Gasteiger partial charge >= 0.3 is 17.9 Å². The van der Waals surface area contributed by atoms with Gasteiger partial charge in [-0.2, -0.15) is 17.6 Å². The van der Waals surface area contributed by atoms with Gasteiger partial charge in [0.1, 0.15) is 5.60 Å². The second-order valence-corrected chi connectivity index (χ2v) is 11.8. The van der Waals surface area contributed by atoms with E-state index in [9.17, 15) is 9.59 Å². The number of hydrogen-bond acceptors (Lipinski definition) is 4. The third-order valence-corrected chi connectivity index (χ3v) is 7.75. The lowest BCUT2D eigenvalue weighted by Crippen LogP contribution is -2.39. The average molecular weight is 654 g/mol. The van der Waals surface area contributed by atoms with Gasteiger partial charge in [0.2, 0.25) is 0 Å². The number of hydrogen-bond donors (Lipinski definition) is 1. The fourth-order valence-corrected chi connectivity index (χ4v) is 5.52. The normalized spacial score (nSPS) is 15.2. The van der Waals surface area contributed by atoms with Crippen LogP contribution in [0.15, 0.2) is 72.9 Å². The molecule has 3 aromatic carbocycles. The van der Waals surface area contributed by atoms with Crippen LogP contribution in [0.1, 0.15) is 42.3 Å². The van der Waals surface area contributed by atoms with Crippen molar-refractivity contribution in [2.75, 3.05) is 5.33 Å². The summed E-state index contributed by atoms with van der Waals surface area (Å²) in [5.74, 6) is -9.17. The van der Waals surface area contributed by atoms with E-state index in [0.29, 0.717) is 33.7 Å². The molecule has 0 unspecified atom stereocenters. The van der Waals surface area contributed by atoms with Crippen molar-refractivity contribution >= 4 is 38.8 Å². The van der Waals surface area contributed by atoms with Crippen LogP contribution in [0.4, 0.5) is 22.4 Å². The summed E-state index contributed by atoms with van der Waals surface area (Å²) in [7, 11) is 0. The number of imidazole rings is 1. The Morgan fingerprint density at radius 3 is 2.21 bits per heavy atom. The van der Waals surface area contributed by atoms with E-state index in [1.165, 1.54) is 22.8 Å². The van der Waals surface area contributed by atoms with Crippen LogP contribution in [0.25, 0.3) is 44.8 Å². The van der Waals surface area contributed by atoms with Gasteiger partial charge in [0.25, 0.3) is 0 Å². The SMILES string of the molecule is CC(C)(C)OC(=O)n1cccc1-c1nc2ccc(-c3ccc4c(c3)C(F)(F)C(F)(F)c3cc(C(=O)CBr)ccc3-4)cc2[nH]1. The molecule has 220 valence electrons. The summed E-state index contributed by atoms with van der Waals surface area (Å²) in [6.45, 7) is 5.28. The van der Waals surface area contributed by atoms with Crippen molar-refractivity contribution in [2.45, 2.75) is 38.2 Å². The number of fused-ring (bicyclic) bond motifs is 4. The number of alkyl halides is 5. The Labute approximate surface area is 251 Å². The van der Waals surface area contributed by atoms with Crippen molar-refractivity contribution in [3.63, 3.8) is 0 Å². The van der Waals surface area contributed by atoms with Crippen LogP contribution >= 0.6 is 15.9 Å². The molecule has 6 nitrogen and oxygen atoms in total. The van der Waals surface area contributed by atoms with Gasteiger partial charge in [0, 0.05) is 22.9 Å². The highest BCUT2D eigenvalue weighted by molar-refractivity contribution is 9.09. The van der Waals surface area contributed by atoms with Crippen molar-refractivity contribution < 1.29 is 31.9 Å². The van der Waals surface area contributed by atoms with Gasteiger partial charge in [0.05, 0.1) is 22.1 Å². The van der Waals surface area contributed by atoms with Gasteiger partial charge in [-0.05, 0) is 79.4 Å². The Morgan fingerprint density at radius 1 is 0.907 bits per heavy atom. The van der Waals surface area contributed by atoms with Gasteiger partial charge in [-0.15, -0.1) is 0 Å². The van der Waals surface area contributed by atoms with Crippen LogP contribution < -0.4 is 0 Å². The molecular weight excluding hydrogens is 630 g/mol. The maximum Gasteiger partial charge on any atom is 0.419 e. The number of carbonyl (C=O) groups excluding carboxylic acids is 2. The van der Waals surface area contributed by atoms with Crippen molar-refractivity contribution in [1.82, 2.24) is 14.5 Å². The molecular formula is C32H24BrF4N3O3. The highest BCUT2D eigenvalue weighted by Crippen LogP contribution is 2.58. The third-order valence-electron chi connectivity index (χ3n) is 7.24. The summed E-state index contributed by atoms with van der Waals surface area (Å²) in [5.41, 5.74) is -0.176. The number of nitrogens with zero attached hydrogens (tertiary/aromatic N) is 2. The molecule has 0 radical (unpaired) electrons. The molecule has 0 saturated heterocycles. The fourth-order valence-electron chi connectivity index (χ4n) is 5.20. The number of halogens is 5. The summed E-state index contributed by atoms with van der Waals surface area (Å²) in [6, 6.07) is 16.0. The molecule has 1 aliphatic carbocycles. The first kappa shape index (κ1) is 28.9. The van der Waals surface area contributed by atoms with Crippen LogP contribution in [0.3, 0.4) is 0 Å². The number of ketones is 1. The number of Topliss-reactive ketones (excluding diaryl/α,β-unsaturated/α-hetero) is 1. The molecule has 0 saturated carbocycles. The number of aromatic nitrogens is 3. The first-order valence-electron chi connectivity index (χ1n) is 13.3. The number of ether oxygens (including phenoxy) is 1. The summed E-state index contributed by atoms with van der Waals surface area (Å²) in [5, 5.41) is -0.119. The van der Waals surface area contributed by atoms with Gasteiger partial charge in [-0.25, -0.2) is 14.3 Å². The van der Waals surface area contributed by atoms with E-state index >= 15 is 17.6 Å². The Bertz CT molecular complexity index is 1940. The van der Waals surface area contributed by atoms with E-state index in [1.54, 1.807) is 63.4 Å². The summed E-state index contributed by atoms with van der Waals surface area (Å²) in [4.78, 5) is 32.5. The lowest BCUT2D eigenvalue weighted by molar-refractivity contribution is -0.225. The molecule has 6 rings (SSSR count). The highest BCUT2D eigenvalue weighted by Gasteiger charge is 2.62. The molecule has 43 heavy (non-hydrogen) atoms. The van der Waals surface area contributed by atoms with Crippen LogP contribution in [0.5, 0.6) is 0 Å². The Morgan fingerprint density at radius 2 is 1.53 bits per heavy atom. The standard InChI is InChI=1S/C32H24BrF4N3O3/c1-30(2,3)43-29(42)40-12-4-5-26(40)28-38-24-11-8-18(15-25(24)39-28)17-6-9-20-21-10-7-19(27(41)16-33)14-23(21)32(36,37)31(34,35)22(20)13-17/h4-15H,16H2,1-3H3,(H,38,39). The van der Waals surface area contributed by atoms with Crippen LogP contribution in [0, 0.1) is 0 Å². The lowest BCUT2D eigenvalue weighted by Gasteiger charge is -2.35. The molecule has 2 aromatic heterocycles. The van der Waals surface area contributed by atoms with E-state index in [2.05, 4.69) is 25.9 Å². The van der Waals surface area contributed by atoms with Crippen LogP contribution in [-0.4, -0.2) is 37.3 Å². The van der Waals surface area contributed by atoms with Gasteiger partial charge < -0.3 is 9.72 Å². The minimum Gasteiger partial charge on any atom is -0.443 e. The Hall–Kier alpha value is -4.25. The maximum atomic E-state index is 15.5. The molecule has 0 amide bonds. The summed E-state index contributed by atoms with van der Waals surface area (Å²) >= 11 is 2.99. The number of carbonyl (C=O) groups is 2. The molecule has 0 aliphatic heterocycles. The number of nitrogens with one attached hydrogen (secondary N) is 1. The highest BCUT2D eigenvalue weighted by atomic mass is 79.9. The third kappa shape index (κ3) is 4.75. The van der Waals surface area contributed by atoms with Crippen molar-refractivity contribution in [3.05, 3.63) is 89.6 Å². The quantitative estimate of drug-likeness (QED) is 0.119. The number of H-pyrrole nitrogens is 1. The molecule has 1 aliphatic rings. The molecule has 5 aromatic rings. The van der Waals surface area contributed by atoms with E-state index in [1.807, 2.05) is 0 Å². The number of rotatable bonds is 4. The second-order valence-electron chi connectivity index (χ2n) is 11.3. The van der Waals surface area contributed by atoms with Gasteiger partial charge in [-0.1, -0.05) is 46.3 Å². The van der Waals surface area contributed by atoms with Crippen LogP contribution in [0.2, 0.25) is 0 Å². The smallest absolute Gasteiger partial charge is 0.419 e. The number of benzene rings is 3. The predicted molar refractivity (Wildman–Crippen MR) is 158 cm³/mol. The molecule has 0 bridgehead atoms. The predicted octanol–water partition coefficient (Wildman–Crippen LogP) is 8.92. The van der Waals surface area contributed by atoms with Crippen molar-refractivity contribution in [1.29, 1.82) is 0 Å². The summed E-state index contributed by atoms with van der Waals surface area (Å²) in [6.07, 6.45) is 0.983. The largest absolute Gasteiger partial charge is 0.443 e. The molecule has 11 heteroatoms. The maximum absolute atomic E-state index is 15.5. The zero-order chi connectivity index (χ0) is 30.9. The first-order valence-corrected chi connectivity index (χ1v) is 14.4. The lowest BCUT2D eigenvalue weighted by atomic mass is 9.78. The fraction of sp³-hybridized carbons (Fsp3) is 0.219.